The molecule has 4 nitrogen and oxygen atoms in total. The maximum absolute atomic E-state index is 13.0. The van der Waals surface area contributed by atoms with Crippen molar-refractivity contribution in [1.82, 2.24) is 9.88 Å². The molecular formula is C19H16Cl2N2O2. The monoisotopic (exact) mass is 374 g/mol. The molecule has 2 aromatic carbocycles. The molecule has 0 fully saturated rings. The van der Waals surface area contributed by atoms with Gasteiger partial charge in [-0.05, 0) is 54.8 Å². The summed E-state index contributed by atoms with van der Waals surface area (Å²) in [6.07, 6.45) is 0.715. The predicted molar refractivity (Wildman–Crippen MR) is 99.6 cm³/mol. The zero-order valence-corrected chi connectivity index (χ0v) is 15.0. The molecular weight excluding hydrogens is 359 g/mol. The maximum atomic E-state index is 13.0. The summed E-state index contributed by atoms with van der Waals surface area (Å²) in [5, 5.41) is 11.3. The van der Waals surface area contributed by atoms with E-state index < -0.39 is 0 Å². The average Bonchev–Trinajstić information content (AvgIpc) is 3.03. The highest BCUT2D eigenvalue weighted by Gasteiger charge is 2.29. The second-order valence-electron chi connectivity index (χ2n) is 6.31. The highest BCUT2D eigenvalue weighted by Crippen LogP contribution is 2.34. The van der Waals surface area contributed by atoms with E-state index >= 15 is 0 Å². The third-order valence-corrected chi connectivity index (χ3v) is 5.67. The lowest BCUT2D eigenvalue weighted by atomic mass is 9.93. The topological polar surface area (TPSA) is 56.3 Å². The zero-order valence-electron chi connectivity index (χ0n) is 13.5. The van der Waals surface area contributed by atoms with Crippen LogP contribution < -0.4 is 0 Å². The number of phenolic OH excluding ortho intramolecular Hbond substituents is 1. The standard InChI is InChI=1S/C19H16Cl2N2O2/c1-10-13-3-2-12(24)8-11(13)6-7-23(10)19(25)17-9-14-16(22-17)5-4-15(20)18(14)21/h2-5,8-10,22,24H,6-7H2,1H3. The first kappa shape index (κ1) is 16.3. The minimum absolute atomic E-state index is 0.0673. The molecule has 6 heteroatoms. The van der Waals surface area contributed by atoms with Crippen molar-refractivity contribution in [3.8, 4) is 5.75 Å². The number of amides is 1. The fraction of sp³-hybridized carbons (Fsp3) is 0.211. The Balaban J connectivity index is 1.70. The lowest BCUT2D eigenvalue weighted by molar-refractivity contribution is 0.0672. The fourth-order valence-corrected chi connectivity index (χ4v) is 3.89. The smallest absolute Gasteiger partial charge is 0.270 e. The van der Waals surface area contributed by atoms with E-state index in [1.807, 2.05) is 24.0 Å². The number of carbonyl (C=O) groups is 1. The van der Waals surface area contributed by atoms with Gasteiger partial charge in [0.15, 0.2) is 0 Å². The van der Waals surface area contributed by atoms with Crippen molar-refractivity contribution in [2.24, 2.45) is 0 Å². The number of carbonyl (C=O) groups excluding carboxylic acids is 1. The van der Waals surface area contributed by atoms with Crippen LogP contribution in [0.1, 0.15) is 34.6 Å². The number of hydrogen-bond donors (Lipinski definition) is 2. The van der Waals surface area contributed by atoms with E-state index in [1.165, 1.54) is 0 Å². The number of H-pyrrole nitrogens is 1. The summed E-state index contributed by atoms with van der Waals surface area (Å²) in [4.78, 5) is 18.0. The molecule has 1 aromatic heterocycles. The Morgan fingerprint density at radius 1 is 1.24 bits per heavy atom. The maximum Gasteiger partial charge on any atom is 0.270 e. The average molecular weight is 375 g/mol. The molecule has 0 saturated heterocycles. The van der Waals surface area contributed by atoms with E-state index in [0.717, 1.165) is 22.0 Å². The number of phenols is 1. The van der Waals surface area contributed by atoms with Crippen LogP contribution in [-0.4, -0.2) is 27.4 Å². The van der Waals surface area contributed by atoms with E-state index in [0.29, 0.717) is 28.7 Å². The number of hydrogen-bond acceptors (Lipinski definition) is 2. The van der Waals surface area contributed by atoms with Gasteiger partial charge < -0.3 is 15.0 Å². The number of aromatic amines is 1. The molecule has 1 atom stereocenters. The predicted octanol–water partition coefficient (Wildman–Crippen LogP) is 4.94. The summed E-state index contributed by atoms with van der Waals surface area (Å²) in [7, 11) is 0. The molecule has 0 aliphatic carbocycles. The van der Waals surface area contributed by atoms with Crippen molar-refractivity contribution in [1.29, 1.82) is 0 Å². The molecule has 1 aliphatic rings. The minimum Gasteiger partial charge on any atom is -0.508 e. The fourth-order valence-electron chi connectivity index (χ4n) is 3.51. The van der Waals surface area contributed by atoms with Gasteiger partial charge in [0.2, 0.25) is 0 Å². The first-order chi connectivity index (χ1) is 12.0. The second-order valence-corrected chi connectivity index (χ2v) is 7.10. The van der Waals surface area contributed by atoms with Gasteiger partial charge in [0, 0.05) is 17.4 Å². The number of halogens is 2. The molecule has 1 amide bonds. The molecule has 2 N–H and O–H groups in total. The number of aromatic hydroxyl groups is 1. The number of nitrogens with one attached hydrogen (secondary N) is 1. The summed E-state index contributed by atoms with van der Waals surface area (Å²) < 4.78 is 0. The van der Waals surface area contributed by atoms with Crippen molar-refractivity contribution in [2.75, 3.05) is 6.54 Å². The molecule has 2 heterocycles. The van der Waals surface area contributed by atoms with Gasteiger partial charge >= 0.3 is 0 Å². The molecule has 25 heavy (non-hydrogen) atoms. The van der Waals surface area contributed by atoms with Gasteiger partial charge in [-0.15, -0.1) is 0 Å². The lowest BCUT2D eigenvalue weighted by Crippen LogP contribution is -2.39. The Bertz CT molecular complexity index is 996. The Kier molecular flexibility index (Phi) is 3.89. The van der Waals surface area contributed by atoms with Crippen LogP contribution in [0.15, 0.2) is 36.4 Å². The summed E-state index contributed by atoms with van der Waals surface area (Å²) in [6, 6.07) is 10.5. The van der Waals surface area contributed by atoms with E-state index in [2.05, 4.69) is 4.98 Å². The molecule has 0 bridgehead atoms. The van der Waals surface area contributed by atoms with Crippen molar-refractivity contribution in [3.63, 3.8) is 0 Å². The highest BCUT2D eigenvalue weighted by molar-refractivity contribution is 6.45. The van der Waals surface area contributed by atoms with Crippen LogP contribution in [0.4, 0.5) is 0 Å². The van der Waals surface area contributed by atoms with E-state index in [1.54, 1.807) is 24.3 Å². The van der Waals surface area contributed by atoms with Crippen LogP contribution in [0.25, 0.3) is 10.9 Å². The van der Waals surface area contributed by atoms with E-state index in [9.17, 15) is 9.90 Å². The Morgan fingerprint density at radius 3 is 2.84 bits per heavy atom. The highest BCUT2D eigenvalue weighted by atomic mass is 35.5. The van der Waals surface area contributed by atoms with Crippen molar-refractivity contribution < 1.29 is 9.90 Å². The summed E-state index contributed by atoms with van der Waals surface area (Å²) in [6.45, 7) is 2.60. The van der Waals surface area contributed by atoms with Crippen LogP contribution in [0.2, 0.25) is 10.0 Å². The van der Waals surface area contributed by atoms with Crippen LogP contribution in [0, 0.1) is 0 Å². The third kappa shape index (κ3) is 2.66. The summed E-state index contributed by atoms with van der Waals surface area (Å²) in [5.41, 5.74) is 3.43. The van der Waals surface area contributed by atoms with Crippen molar-refractivity contribution >= 4 is 40.0 Å². The molecule has 0 spiro atoms. The van der Waals surface area contributed by atoms with Gasteiger partial charge in [-0.2, -0.15) is 0 Å². The molecule has 4 rings (SSSR count). The first-order valence-corrected chi connectivity index (χ1v) is 8.81. The molecule has 128 valence electrons. The largest absolute Gasteiger partial charge is 0.508 e. The van der Waals surface area contributed by atoms with Gasteiger partial charge in [0.1, 0.15) is 11.4 Å². The van der Waals surface area contributed by atoms with Gasteiger partial charge in [-0.1, -0.05) is 29.3 Å². The quantitative estimate of drug-likeness (QED) is 0.633. The summed E-state index contributed by atoms with van der Waals surface area (Å²) >= 11 is 12.3. The summed E-state index contributed by atoms with van der Waals surface area (Å²) in [5.74, 6) is 0.183. The van der Waals surface area contributed by atoms with Gasteiger partial charge in [-0.25, -0.2) is 0 Å². The van der Waals surface area contributed by atoms with Crippen LogP contribution in [0.3, 0.4) is 0 Å². The number of fused-ring (bicyclic) bond motifs is 2. The Morgan fingerprint density at radius 2 is 2.04 bits per heavy atom. The molecule has 0 radical (unpaired) electrons. The molecule has 3 aromatic rings. The molecule has 0 saturated carbocycles. The van der Waals surface area contributed by atoms with Gasteiger partial charge in [0.05, 0.1) is 16.1 Å². The normalized spacial score (nSPS) is 16.9. The Hall–Kier alpha value is -2.17. The molecule has 1 unspecified atom stereocenters. The van der Waals surface area contributed by atoms with Crippen LogP contribution >= 0.6 is 23.2 Å². The van der Waals surface area contributed by atoms with Crippen LogP contribution in [-0.2, 0) is 6.42 Å². The van der Waals surface area contributed by atoms with Crippen LogP contribution in [0.5, 0.6) is 5.75 Å². The first-order valence-electron chi connectivity index (χ1n) is 8.05. The van der Waals surface area contributed by atoms with E-state index in [-0.39, 0.29) is 17.7 Å². The van der Waals surface area contributed by atoms with Crippen molar-refractivity contribution in [3.05, 3.63) is 63.3 Å². The van der Waals surface area contributed by atoms with E-state index in [4.69, 9.17) is 23.2 Å². The third-order valence-electron chi connectivity index (χ3n) is 4.85. The number of rotatable bonds is 1. The lowest BCUT2D eigenvalue weighted by Gasteiger charge is -2.35. The van der Waals surface area contributed by atoms with Crippen molar-refractivity contribution in [2.45, 2.75) is 19.4 Å². The zero-order chi connectivity index (χ0) is 17.7. The second kappa shape index (κ2) is 5.97. The number of benzene rings is 2. The minimum atomic E-state index is -0.0744. The number of aromatic nitrogens is 1. The molecule has 1 aliphatic heterocycles. The SMILES string of the molecule is CC1c2ccc(O)cc2CCN1C(=O)c1cc2c(Cl)c(Cl)ccc2[nH]1. The Labute approximate surface area is 155 Å². The van der Waals surface area contributed by atoms with Gasteiger partial charge in [0.25, 0.3) is 5.91 Å². The number of nitrogens with zero attached hydrogens (tertiary/aromatic N) is 1. The van der Waals surface area contributed by atoms with Gasteiger partial charge in [-0.3, -0.25) is 4.79 Å².